The van der Waals surface area contributed by atoms with Gasteiger partial charge in [-0.15, -0.1) is 11.3 Å². The summed E-state index contributed by atoms with van der Waals surface area (Å²) in [5.41, 5.74) is 2.48. The van der Waals surface area contributed by atoms with Gasteiger partial charge in [0.25, 0.3) is 0 Å². The molecule has 2 heterocycles. The van der Waals surface area contributed by atoms with Gasteiger partial charge in [-0.2, -0.15) is 0 Å². The average molecular weight is 569 g/mol. The third kappa shape index (κ3) is 8.51. The van der Waals surface area contributed by atoms with E-state index in [1.807, 2.05) is 37.4 Å². The zero-order valence-electron chi connectivity index (χ0n) is 23.1. The van der Waals surface area contributed by atoms with Gasteiger partial charge < -0.3 is 24.6 Å². The van der Waals surface area contributed by atoms with Gasteiger partial charge in [0, 0.05) is 37.6 Å². The number of carbonyl (C=O) groups is 2. The molecule has 2 aromatic carbocycles. The fraction of sp³-hybridized carbons (Fsp3) is 0.400. The lowest BCUT2D eigenvalue weighted by Gasteiger charge is -2.31. The number of halogens is 1. The van der Waals surface area contributed by atoms with Crippen LogP contribution in [0, 0.1) is 12.7 Å². The molecule has 40 heavy (non-hydrogen) atoms. The summed E-state index contributed by atoms with van der Waals surface area (Å²) >= 11 is 1.59. The highest BCUT2D eigenvalue weighted by Gasteiger charge is 2.24. The Kier molecular flexibility index (Phi) is 10.9. The smallest absolute Gasteiger partial charge is 0.322 e. The molecule has 0 saturated carbocycles. The molecule has 4 rings (SSSR count). The number of hydrogen-bond acceptors (Lipinski definition) is 6. The van der Waals surface area contributed by atoms with Crippen LogP contribution >= 0.6 is 11.3 Å². The number of carbonyl (C=O) groups excluding carboxylic acids is 2. The van der Waals surface area contributed by atoms with Gasteiger partial charge in [-0.3, -0.25) is 9.69 Å². The van der Waals surface area contributed by atoms with E-state index in [1.54, 1.807) is 45.4 Å². The Morgan fingerprint density at radius 1 is 1.05 bits per heavy atom. The van der Waals surface area contributed by atoms with E-state index in [9.17, 15) is 14.0 Å². The highest BCUT2D eigenvalue weighted by molar-refractivity contribution is 7.10. The van der Waals surface area contributed by atoms with E-state index in [-0.39, 0.29) is 24.3 Å². The molecule has 0 aliphatic carbocycles. The van der Waals surface area contributed by atoms with Gasteiger partial charge in [-0.1, -0.05) is 24.3 Å². The van der Waals surface area contributed by atoms with E-state index in [0.29, 0.717) is 57.4 Å². The highest BCUT2D eigenvalue weighted by Crippen LogP contribution is 2.24. The number of amides is 3. The van der Waals surface area contributed by atoms with Crippen molar-refractivity contribution in [3.8, 4) is 5.75 Å². The summed E-state index contributed by atoms with van der Waals surface area (Å²) in [5.74, 6) is 0.0604. The first-order valence-electron chi connectivity index (χ1n) is 13.6. The lowest BCUT2D eigenvalue weighted by Crippen LogP contribution is -2.48. The zero-order chi connectivity index (χ0) is 28.3. The maximum atomic E-state index is 13.8. The second kappa shape index (κ2) is 14.8. The number of anilines is 1. The number of rotatable bonds is 12. The Bertz CT molecular complexity index is 1250. The SMILES string of the molecule is CCOc1ccccc1NC(=O)N(CCN1CCOCC1)CC(=O)N(Cc1ccc(F)cc1)Cc1sccc1C. The minimum absolute atomic E-state index is 0.0986. The molecule has 3 aromatic rings. The van der Waals surface area contributed by atoms with Gasteiger partial charge in [0.1, 0.15) is 18.1 Å². The highest BCUT2D eigenvalue weighted by atomic mass is 32.1. The maximum Gasteiger partial charge on any atom is 0.322 e. The van der Waals surface area contributed by atoms with E-state index >= 15 is 0 Å². The first-order valence-corrected chi connectivity index (χ1v) is 14.4. The molecule has 1 aliphatic heterocycles. The van der Waals surface area contributed by atoms with E-state index in [4.69, 9.17) is 9.47 Å². The van der Waals surface area contributed by atoms with Gasteiger partial charge in [-0.05, 0) is 60.7 Å². The summed E-state index contributed by atoms with van der Waals surface area (Å²) < 4.78 is 24.7. The van der Waals surface area contributed by atoms with Crippen LogP contribution in [0.3, 0.4) is 0 Å². The molecule has 0 spiro atoms. The number of aryl methyl sites for hydroxylation is 1. The Balaban J connectivity index is 1.53. The van der Waals surface area contributed by atoms with Crippen LogP contribution in [0.25, 0.3) is 0 Å². The molecule has 3 amide bonds. The molecule has 10 heteroatoms. The monoisotopic (exact) mass is 568 g/mol. The Labute approximate surface area is 239 Å². The number of para-hydroxylation sites is 2. The number of urea groups is 1. The number of thiophene rings is 1. The third-order valence-electron chi connectivity index (χ3n) is 6.77. The van der Waals surface area contributed by atoms with Crippen LogP contribution < -0.4 is 10.1 Å². The van der Waals surface area contributed by atoms with Crippen molar-refractivity contribution in [1.29, 1.82) is 0 Å². The number of morpholine rings is 1. The summed E-state index contributed by atoms with van der Waals surface area (Å²) in [6.45, 7) is 8.85. The van der Waals surface area contributed by atoms with Crippen LogP contribution in [-0.2, 0) is 22.6 Å². The molecule has 0 atom stereocenters. The summed E-state index contributed by atoms with van der Waals surface area (Å²) in [5, 5.41) is 4.95. The minimum atomic E-state index is -0.372. The molecule has 8 nitrogen and oxygen atoms in total. The lowest BCUT2D eigenvalue weighted by atomic mass is 10.2. The quantitative estimate of drug-likeness (QED) is 0.333. The second-order valence-electron chi connectivity index (χ2n) is 9.64. The van der Waals surface area contributed by atoms with Crippen molar-refractivity contribution in [2.45, 2.75) is 26.9 Å². The standard InChI is InChI=1S/C30H37FN4O4S/c1-3-39-27-7-5-4-6-26(27)32-30(37)34(14-13-33-15-17-38-18-16-33)22-29(36)35(21-28-23(2)12-19-40-28)20-24-8-10-25(31)11-9-24/h4-12,19H,3,13-18,20-22H2,1-2H3,(H,32,37). The fourth-order valence-corrected chi connectivity index (χ4v) is 5.35. The van der Waals surface area contributed by atoms with Crippen molar-refractivity contribution in [1.82, 2.24) is 14.7 Å². The molecule has 1 saturated heterocycles. The molecule has 0 radical (unpaired) electrons. The predicted octanol–water partition coefficient (Wildman–Crippen LogP) is 4.99. The van der Waals surface area contributed by atoms with Crippen molar-refractivity contribution in [2.24, 2.45) is 0 Å². The van der Waals surface area contributed by atoms with Crippen LogP contribution in [0.2, 0.25) is 0 Å². The van der Waals surface area contributed by atoms with Gasteiger partial charge in [-0.25, -0.2) is 9.18 Å². The second-order valence-corrected chi connectivity index (χ2v) is 10.6. The zero-order valence-corrected chi connectivity index (χ0v) is 23.9. The van der Waals surface area contributed by atoms with E-state index in [0.717, 1.165) is 29.1 Å². The van der Waals surface area contributed by atoms with E-state index < -0.39 is 0 Å². The van der Waals surface area contributed by atoms with Crippen LogP contribution in [0.15, 0.2) is 60.0 Å². The Morgan fingerprint density at radius 3 is 2.50 bits per heavy atom. The van der Waals surface area contributed by atoms with Crippen LogP contribution in [-0.4, -0.2) is 79.2 Å². The van der Waals surface area contributed by atoms with Crippen molar-refractivity contribution >= 4 is 29.0 Å². The van der Waals surface area contributed by atoms with Crippen molar-refractivity contribution in [3.63, 3.8) is 0 Å². The molecular weight excluding hydrogens is 531 g/mol. The van der Waals surface area contributed by atoms with Gasteiger partial charge in [0.05, 0.1) is 32.1 Å². The molecule has 0 bridgehead atoms. The molecule has 0 unspecified atom stereocenters. The first-order chi connectivity index (χ1) is 19.4. The normalized spacial score (nSPS) is 13.6. The lowest BCUT2D eigenvalue weighted by molar-refractivity contribution is -0.133. The molecule has 1 aromatic heterocycles. The molecule has 1 aliphatic rings. The minimum Gasteiger partial charge on any atom is -0.492 e. The number of ether oxygens (including phenoxy) is 2. The molecule has 1 fully saturated rings. The molecule has 1 N–H and O–H groups in total. The topological polar surface area (TPSA) is 74.4 Å². The Hall–Kier alpha value is -3.47. The van der Waals surface area contributed by atoms with Gasteiger partial charge in [0.2, 0.25) is 5.91 Å². The van der Waals surface area contributed by atoms with E-state index in [1.165, 1.54) is 12.1 Å². The molecule has 214 valence electrons. The fourth-order valence-electron chi connectivity index (χ4n) is 4.43. The largest absolute Gasteiger partial charge is 0.492 e. The summed E-state index contributed by atoms with van der Waals surface area (Å²) in [7, 11) is 0. The number of hydrogen-bond donors (Lipinski definition) is 1. The Morgan fingerprint density at radius 2 is 1.80 bits per heavy atom. The maximum absolute atomic E-state index is 13.8. The summed E-state index contributed by atoms with van der Waals surface area (Å²) in [4.78, 5) is 34.0. The van der Waals surface area contributed by atoms with Crippen LogP contribution in [0.1, 0.15) is 22.9 Å². The predicted molar refractivity (Wildman–Crippen MR) is 155 cm³/mol. The van der Waals surface area contributed by atoms with Crippen molar-refractivity contribution < 1.29 is 23.5 Å². The van der Waals surface area contributed by atoms with Crippen molar-refractivity contribution in [2.75, 3.05) is 57.9 Å². The number of nitrogens with zero attached hydrogens (tertiary/aromatic N) is 3. The van der Waals surface area contributed by atoms with Crippen LogP contribution in [0.4, 0.5) is 14.9 Å². The first kappa shape index (κ1) is 29.5. The van der Waals surface area contributed by atoms with Crippen LogP contribution in [0.5, 0.6) is 5.75 Å². The number of nitrogens with one attached hydrogen (secondary N) is 1. The van der Waals surface area contributed by atoms with E-state index in [2.05, 4.69) is 10.2 Å². The summed E-state index contributed by atoms with van der Waals surface area (Å²) in [6, 6.07) is 15.1. The van der Waals surface area contributed by atoms with Gasteiger partial charge in [0.15, 0.2) is 0 Å². The van der Waals surface area contributed by atoms with Crippen molar-refractivity contribution in [3.05, 3.63) is 81.8 Å². The molecular formula is C30H37FN4O4S. The summed E-state index contributed by atoms with van der Waals surface area (Å²) in [6.07, 6.45) is 0. The number of benzene rings is 2. The third-order valence-corrected chi connectivity index (χ3v) is 7.78. The average Bonchev–Trinajstić information content (AvgIpc) is 3.37. The van der Waals surface area contributed by atoms with Gasteiger partial charge >= 0.3 is 6.03 Å².